The number of pyridine rings is 2. The molecule has 0 aliphatic rings. The molecule has 3 aromatic heterocycles. The predicted octanol–water partition coefficient (Wildman–Crippen LogP) is 11.1. The molecule has 0 atom stereocenters. The SMILES string of the molecule is CCCCNc1cnccc1Cl.CCCCn1c(=NC(=O)c2cc(C(F)(F)F)ccc2F)sc2ccncc21.N#C[S-].O=C(Cl)c1cc(C(F)(F)F)ccc1F.O=C(N=C=S)c1cc(C(F)(F)F)ccc1F.[K+]. The number of hydrogen-bond donors (Lipinski definition) is 1. The first kappa shape index (κ1) is 66.4. The molecule has 0 spiro atoms. The second kappa shape index (κ2) is 31.9. The number of fused-ring (bicyclic) bond motifs is 1. The third kappa shape index (κ3) is 22.0. The summed E-state index contributed by atoms with van der Waals surface area (Å²) in [5, 5.41) is 12.8. The minimum atomic E-state index is -4.67. The predicted molar refractivity (Wildman–Crippen MR) is 252 cm³/mol. The number of carbonyl (C=O) groups is 3. The van der Waals surface area contributed by atoms with E-state index in [9.17, 15) is 67.1 Å². The van der Waals surface area contributed by atoms with Crippen LogP contribution in [0.25, 0.3) is 10.2 Å². The molecular formula is C45H34Cl2F12KN7O3S3. The van der Waals surface area contributed by atoms with Crippen LogP contribution in [0.4, 0.5) is 58.4 Å². The number of carbonyl (C=O) groups excluding carboxylic acids is 3. The molecule has 0 saturated heterocycles. The normalized spacial score (nSPS) is 11.0. The summed E-state index contributed by atoms with van der Waals surface area (Å²) in [7, 11) is 0. The molecule has 6 rings (SSSR count). The molecule has 0 fully saturated rings. The summed E-state index contributed by atoms with van der Waals surface area (Å²) in [4.78, 5) is 49.1. The number of thiazole rings is 1. The van der Waals surface area contributed by atoms with Crippen LogP contribution in [0.3, 0.4) is 0 Å². The van der Waals surface area contributed by atoms with E-state index in [1.54, 1.807) is 46.6 Å². The Morgan fingerprint density at radius 3 is 1.66 bits per heavy atom. The van der Waals surface area contributed by atoms with Crippen LogP contribution < -0.4 is 61.5 Å². The van der Waals surface area contributed by atoms with Gasteiger partial charge in [0.05, 0.1) is 71.9 Å². The summed E-state index contributed by atoms with van der Waals surface area (Å²) < 4.78 is 154. The van der Waals surface area contributed by atoms with Gasteiger partial charge in [-0.05, 0) is 103 Å². The van der Waals surface area contributed by atoms with Crippen molar-refractivity contribution in [1.82, 2.24) is 14.5 Å². The fourth-order valence-corrected chi connectivity index (χ4v) is 6.69. The van der Waals surface area contributed by atoms with Crippen LogP contribution in [0.5, 0.6) is 0 Å². The summed E-state index contributed by atoms with van der Waals surface area (Å²) in [6.07, 6.45) is -3.20. The van der Waals surface area contributed by atoms with Crippen LogP contribution >= 0.6 is 46.8 Å². The van der Waals surface area contributed by atoms with Gasteiger partial charge in [-0.15, -0.1) is 0 Å². The Balaban J connectivity index is 0.000000501. The van der Waals surface area contributed by atoms with Crippen LogP contribution in [0.2, 0.25) is 5.02 Å². The number of anilines is 1. The van der Waals surface area contributed by atoms with Gasteiger partial charge < -0.3 is 22.5 Å². The number of aliphatic imine (C=N–C) groups is 1. The number of nitrogens with one attached hydrogen (secondary N) is 1. The first-order valence-corrected chi connectivity index (χ1v) is 22.4. The summed E-state index contributed by atoms with van der Waals surface area (Å²) in [6, 6.07) is 8.21. The number of nitriles is 1. The number of thiocyanates is 1. The van der Waals surface area contributed by atoms with Crippen molar-refractivity contribution in [3.63, 3.8) is 0 Å². The number of nitrogens with zero attached hydrogens (tertiary/aromatic N) is 6. The summed E-state index contributed by atoms with van der Waals surface area (Å²) in [5.41, 5.74) is -3.91. The number of aryl methyl sites for hydroxylation is 1. The van der Waals surface area contributed by atoms with Crippen molar-refractivity contribution in [2.75, 3.05) is 11.9 Å². The largest absolute Gasteiger partial charge is 1.00 e. The standard InChI is InChI=1S/C18H15F4N3OS.C9H13ClN2.C9H3F4NOS.C8H3ClF4O.CHNS.K/c1-2-3-8-25-14-10-23-7-6-15(14)27-17(25)24-16(26)12-9-11(18(20,21)22)4-5-13(12)19;1-2-3-5-12-9-7-11-6-4-8(9)10;10-7-2-1-5(9(11,12)13)3-6(7)8(15)14-4-16;9-7(14)5-3-4(8(11,12)13)1-2-6(5)10;2-1-3;/h4-7,9-10H,2-3,8H2,1H3;4,6-7,12H,2-3,5H2,1H3;1-3H;1-3H;3H;/q;;;;;+1/p-1. The number of halogens is 14. The number of isothiocyanates is 1. The number of alkyl halides is 9. The fraction of sp³-hybridized carbons (Fsp3) is 0.244. The molecule has 73 heavy (non-hydrogen) atoms. The number of amides is 2. The van der Waals surface area contributed by atoms with Gasteiger partial charge >= 0.3 is 69.9 Å². The maximum absolute atomic E-state index is 14.0. The fourth-order valence-electron chi connectivity index (χ4n) is 5.27. The van der Waals surface area contributed by atoms with E-state index < -0.39 is 86.4 Å². The maximum atomic E-state index is 14.0. The molecule has 1 N–H and O–H groups in total. The quantitative estimate of drug-likeness (QED) is 0.0207. The molecule has 6 aromatic rings. The monoisotopic (exact) mass is 1150 g/mol. The molecule has 0 saturated carbocycles. The molecule has 0 aliphatic carbocycles. The van der Waals surface area contributed by atoms with Gasteiger partial charge in [0.1, 0.15) is 17.5 Å². The first-order valence-electron chi connectivity index (χ1n) is 20.0. The third-order valence-corrected chi connectivity index (χ3v) is 10.4. The van der Waals surface area contributed by atoms with Crippen LogP contribution in [-0.2, 0) is 37.7 Å². The summed E-state index contributed by atoms with van der Waals surface area (Å²) >= 11 is 19.8. The topological polar surface area (TPSA) is 142 Å². The average molecular weight is 1150 g/mol. The number of aromatic nitrogens is 3. The minimum absolute atomic E-state index is 0. The van der Waals surface area contributed by atoms with Gasteiger partial charge in [-0.2, -0.15) is 49.5 Å². The van der Waals surface area contributed by atoms with Crippen LogP contribution in [0.15, 0.2) is 102 Å². The van der Waals surface area contributed by atoms with E-state index in [1.165, 1.54) is 23.2 Å². The molecule has 0 unspecified atom stereocenters. The van der Waals surface area contributed by atoms with Crippen molar-refractivity contribution in [3.05, 3.63) is 152 Å². The van der Waals surface area contributed by atoms with Crippen molar-refractivity contribution in [1.29, 1.82) is 5.26 Å². The maximum Gasteiger partial charge on any atom is 1.00 e. The van der Waals surface area contributed by atoms with Crippen LogP contribution in [0, 0.1) is 28.1 Å². The Labute approximate surface area is 475 Å². The molecule has 2 amide bonds. The van der Waals surface area contributed by atoms with E-state index in [2.05, 4.69) is 57.0 Å². The van der Waals surface area contributed by atoms with Crippen molar-refractivity contribution in [2.24, 2.45) is 9.98 Å². The van der Waals surface area contributed by atoms with Gasteiger partial charge in [0.2, 0.25) is 0 Å². The Kier molecular flexibility index (Phi) is 29.0. The van der Waals surface area contributed by atoms with Crippen LogP contribution in [0.1, 0.15) is 87.3 Å². The van der Waals surface area contributed by atoms with E-state index in [1.807, 2.05) is 6.92 Å². The Morgan fingerprint density at radius 1 is 0.753 bits per heavy atom. The van der Waals surface area contributed by atoms with Crippen LogP contribution in [-0.4, -0.2) is 43.3 Å². The van der Waals surface area contributed by atoms with Gasteiger partial charge in [0, 0.05) is 25.5 Å². The third-order valence-electron chi connectivity index (χ3n) is 8.73. The molecule has 384 valence electrons. The Bertz CT molecular complexity index is 2980. The van der Waals surface area contributed by atoms with Gasteiger partial charge in [-0.3, -0.25) is 24.4 Å². The molecule has 10 nitrogen and oxygen atoms in total. The van der Waals surface area contributed by atoms with Crippen molar-refractivity contribution in [3.8, 4) is 5.40 Å². The number of unbranched alkanes of at least 4 members (excludes halogenated alkanes) is 2. The van der Waals surface area contributed by atoms with E-state index >= 15 is 0 Å². The summed E-state index contributed by atoms with van der Waals surface area (Å²) in [5.74, 6) is -5.45. The number of rotatable bonds is 10. The number of benzene rings is 3. The average Bonchev–Trinajstić information content (AvgIpc) is 3.65. The second-order valence-electron chi connectivity index (χ2n) is 13.7. The Morgan fingerprint density at radius 2 is 1.21 bits per heavy atom. The number of thiocarbonyl (C=S) groups is 1. The molecule has 28 heteroatoms. The van der Waals surface area contributed by atoms with Gasteiger partial charge in [-0.25, -0.2) is 18.4 Å². The van der Waals surface area contributed by atoms with E-state index in [-0.39, 0.29) is 51.4 Å². The van der Waals surface area contributed by atoms with E-state index in [0.717, 1.165) is 46.7 Å². The first-order chi connectivity index (χ1) is 33.7. The van der Waals surface area contributed by atoms with Crippen molar-refractivity contribution >= 4 is 97.5 Å². The number of hydrogen-bond acceptors (Lipinski definition) is 10. The van der Waals surface area contributed by atoms with E-state index in [4.69, 9.17) is 28.5 Å². The zero-order valence-electron chi connectivity index (χ0n) is 37.8. The van der Waals surface area contributed by atoms with Gasteiger partial charge in [-0.1, -0.05) is 55.0 Å². The molecule has 3 aromatic carbocycles. The van der Waals surface area contributed by atoms with Crippen molar-refractivity contribution in [2.45, 2.75) is 64.6 Å². The Hall–Kier alpha value is -4.65. The molecule has 0 bridgehead atoms. The molecule has 0 radical (unpaired) electrons. The smallest absolute Gasteiger partial charge is 0.696 e. The minimum Gasteiger partial charge on any atom is -0.696 e. The molecule has 3 heterocycles. The van der Waals surface area contributed by atoms with Gasteiger partial charge in [0.25, 0.3) is 17.1 Å². The zero-order chi connectivity index (χ0) is 54.4. The van der Waals surface area contributed by atoms with Gasteiger partial charge in [0.15, 0.2) is 4.80 Å². The molecule has 0 aliphatic heterocycles. The summed E-state index contributed by atoms with van der Waals surface area (Å²) in [6.45, 7) is 5.70. The van der Waals surface area contributed by atoms with E-state index in [0.29, 0.717) is 65.9 Å². The molecular weight excluding hydrogens is 1120 g/mol. The second-order valence-corrected chi connectivity index (χ2v) is 15.9. The zero-order valence-corrected chi connectivity index (χ0v) is 44.9. The van der Waals surface area contributed by atoms with Crippen molar-refractivity contribution < 1.29 is 118 Å².